The molecule has 5 heteroatoms. The molecular formula is C18H24FNO3. The van der Waals surface area contributed by atoms with Crippen molar-refractivity contribution in [1.82, 2.24) is 5.32 Å². The number of ether oxygens (including phenoxy) is 1. The molecule has 2 aliphatic carbocycles. The van der Waals surface area contributed by atoms with Gasteiger partial charge >= 0.3 is 0 Å². The maximum absolute atomic E-state index is 13.1. The molecule has 3 rings (SSSR count). The van der Waals surface area contributed by atoms with Crippen molar-refractivity contribution < 1.29 is 19.0 Å². The summed E-state index contributed by atoms with van der Waals surface area (Å²) in [5, 5.41) is 12.0. The average Bonchev–Trinajstić information content (AvgIpc) is 3.25. The van der Waals surface area contributed by atoms with E-state index in [1.807, 2.05) is 0 Å². The van der Waals surface area contributed by atoms with Gasteiger partial charge in [-0.15, -0.1) is 0 Å². The molecule has 0 aliphatic heterocycles. The van der Waals surface area contributed by atoms with Crippen LogP contribution in [0.25, 0.3) is 0 Å². The van der Waals surface area contributed by atoms with Crippen LogP contribution in [-0.4, -0.2) is 36.4 Å². The summed E-state index contributed by atoms with van der Waals surface area (Å²) in [5.41, 5.74) is 0.0509. The zero-order chi connectivity index (χ0) is 16.3. The van der Waals surface area contributed by atoms with E-state index < -0.39 is 5.41 Å². The van der Waals surface area contributed by atoms with Crippen LogP contribution in [0.2, 0.25) is 0 Å². The maximum Gasteiger partial charge on any atom is 0.230 e. The van der Waals surface area contributed by atoms with E-state index in [0.29, 0.717) is 13.2 Å². The van der Waals surface area contributed by atoms with Gasteiger partial charge in [-0.05, 0) is 43.4 Å². The minimum atomic E-state index is -0.496. The number of rotatable bonds is 7. The smallest absolute Gasteiger partial charge is 0.230 e. The largest absolute Gasteiger partial charge is 0.394 e. The van der Waals surface area contributed by atoms with Crippen molar-refractivity contribution in [2.24, 2.45) is 0 Å². The summed E-state index contributed by atoms with van der Waals surface area (Å²) in [6.07, 6.45) is 5.60. The summed E-state index contributed by atoms with van der Waals surface area (Å²) in [4.78, 5) is 12.7. The van der Waals surface area contributed by atoms with Crippen LogP contribution in [-0.2, 0) is 14.9 Å². The molecule has 0 aromatic heterocycles. The fraction of sp³-hybridized carbons (Fsp3) is 0.611. The van der Waals surface area contributed by atoms with Crippen molar-refractivity contribution in [3.63, 3.8) is 0 Å². The molecule has 1 aromatic carbocycles. The molecule has 2 aliphatic rings. The number of aliphatic hydroxyl groups excluding tert-OH is 1. The molecule has 0 spiro atoms. The molecule has 2 fully saturated rings. The predicted octanol–water partition coefficient (Wildman–Crippen LogP) is 2.30. The van der Waals surface area contributed by atoms with E-state index in [0.717, 1.165) is 44.1 Å². The summed E-state index contributed by atoms with van der Waals surface area (Å²) < 4.78 is 18.9. The number of hydrogen-bond donors (Lipinski definition) is 2. The normalized spacial score (nSPS) is 21.1. The third-order valence-corrected chi connectivity index (χ3v) is 5.17. The van der Waals surface area contributed by atoms with Gasteiger partial charge in [0.25, 0.3) is 0 Å². The van der Waals surface area contributed by atoms with Crippen molar-refractivity contribution in [2.75, 3.05) is 19.8 Å². The molecule has 4 nitrogen and oxygen atoms in total. The number of carbonyl (C=O) groups excluding carboxylic acids is 1. The Labute approximate surface area is 136 Å². The van der Waals surface area contributed by atoms with Crippen LogP contribution < -0.4 is 5.32 Å². The number of hydrogen-bond acceptors (Lipinski definition) is 3. The van der Waals surface area contributed by atoms with Crippen LogP contribution in [0, 0.1) is 5.82 Å². The van der Waals surface area contributed by atoms with Crippen molar-refractivity contribution in [2.45, 2.75) is 49.5 Å². The topological polar surface area (TPSA) is 58.6 Å². The van der Waals surface area contributed by atoms with Gasteiger partial charge in [0.1, 0.15) is 5.82 Å². The Morgan fingerprint density at radius 3 is 2.39 bits per heavy atom. The Hall–Kier alpha value is -1.46. The SMILES string of the molecule is O=C(NCC1(OCCO)CCCC1)C1(c2ccc(F)cc2)CC1. The highest BCUT2D eigenvalue weighted by molar-refractivity contribution is 5.91. The number of benzene rings is 1. The van der Waals surface area contributed by atoms with E-state index in [4.69, 9.17) is 9.84 Å². The van der Waals surface area contributed by atoms with Gasteiger partial charge in [-0.1, -0.05) is 25.0 Å². The van der Waals surface area contributed by atoms with E-state index in [1.165, 1.54) is 12.1 Å². The van der Waals surface area contributed by atoms with Crippen molar-refractivity contribution >= 4 is 5.91 Å². The maximum atomic E-state index is 13.1. The van der Waals surface area contributed by atoms with E-state index in [-0.39, 0.29) is 23.9 Å². The minimum Gasteiger partial charge on any atom is -0.394 e. The standard InChI is InChI=1S/C18H24FNO3/c19-15-5-3-14(4-6-15)18(9-10-18)16(22)20-13-17(23-12-11-21)7-1-2-8-17/h3-6,21H,1-2,7-13H2,(H,20,22). The van der Waals surface area contributed by atoms with Gasteiger partial charge in [0.15, 0.2) is 0 Å². The minimum absolute atomic E-state index is 0.00276. The molecule has 1 aromatic rings. The first-order chi connectivity index (χ1) is 11.1. The second kappa shape index (κ2) is 6.57. The summed E-state index contributed by atoms with van der Waals surface area (Å²) in [5.74, 6) is -0.282. The van der Waals surface area contributed by atoms with Gasteiger partial charge in [0.05, 0.1) is 24.2 Å². The highest BCUT2D eigenvalue weighted by Gasteiger charge is 2.51. The first kappa shape index (κ1) is 16.4. The lowest BCUT2D eigenvalue weighted by atomic mass is 9.94. The molecule has 1 amide bonds. The van der Waals surface area contributed by atoms with Crippen LogP contribution in [0.4, 0.5) is 4.39 Å². The van der Waals surface area contributed by atoms with Crippen LogP contribution in [0.5, 0.6) is 0 Å². The lowest BCUT2D eigenvalue weighted by molar-refractivity contribution is -0.126. The summed E-state index contributed by atoms with van der Waals surface area (Å²) in [6.45, 7) is 0.781. The Morgan fingerprint density at radius 1 is 1.17 bits per heavy atom. The van der Waals surface area contributed by atoms with E-state index >= 15 is 0 Å². The molecular weight excluding hydrogens is 297 g/mol. The summed E-state index contributed by atoms with van der Waals surface area (Å²) in [6, 6.07) is 6.22. The fourth-order valence-corrected chi connectivity index (χ4v) is 3.60. The third-order valence-electron chi connectivity index (χ3n) is 5.17. The number of halogens is 1. The van der Waals surface area contributed by atoms with Crippen LogP contribution in [0.3, 0.4) is 0 Å². The van der Waals surface area contributed by atoms with E-state index in [1.54, 1.807) is 12.1 Å². The first-order valence-corrected chi connectivity index (χ1v) is 8.39. The van der Waals surface area contributed by atoms with Gasteiger partial charge in [0.2, 0.25) is 5.91 Å². The van der Waals surface area contributed by atoms with Gasteiger partial charge in [0, 0.05) is 6.54 Å². The Kier molecular flexibility index (Phi) is 4.69. The molecule has 0 heterocycles. The Morgan fingerprint density at radius 2 is 1.83 bits per heavy atom. The highest BCUT2D eigenvalue weighted by atomic mass is 19.1. The van der Waals surface area contributed by atoms with Crippen LogP contribution in [0.1, 0.15) is 44.1 Å². The highest BCUT2D eigenvalue weighted by Crippen LogP contribution is 2.48. The zero-order valence-electron chi connectivity index (χ0n) is 13.3. The number of aliphatic hydroxyl groups is 1. The second-order valence-corrected chi connectivity index (χ2v) is 6.73. The van der Waals surface area contributed by atoms with Crippen LogP contribution >= 0.6 is 0 Å². The molecule has 23 heavy (non-hydrogen) atoms. The molecule has 0 atom stereocenters. The average molecular weight is 321 g/mol. The second-order valence-electron chi connectivity index (χ2n) is 6.73. The molecule has 2 N–H and O–H groups in total. The molecule has 0 bridgehead atoms. The van der Waals surface area contributed by atoms with E-state index in [9.17, 15) is 9.18 Å². The third kappa shape index (κ3) is 3.40. The zero-order valence-corrected chi connectivity index (χ0v) is 13.3. The lowest BCUT2D eigenvalue weighted by Crippen LogP contribution is -2.46. The summed E-state index contributed by atoms with van der Waals surface area (Å²) >= 11 is 0. The summed E-state index contributed by atoms with van der Waals surface area (Å²) in [7, 11) is 0. The van der Waals surface area contributed by atoms with E-state index in [2.05, 4.69) is 5.32 Å². The monoisotopic (exact) mass is 321 g/mol. The number of carbonyl (C=O) groups is 1. The first-order valence-electron chi connectivity index (χ1n) is 8.39. The molecule has 126 valence electrons. The number of nitrogens with one attached hydrogen (secondary N) is 1. The molecule has 0 radical (unpaired) electrons. The van der Waals surface area contributed by atoms with Crippen molar-refractivity contribution in [1.29, 1.82) is 0 Å². The van der Waals surface area contributed by atoms with Crippen molar-refractivity contribution in [3.05, 3.63) is 35.6 Å². The van der Waals surface area contributed by atoms with Gasteiger partial charge < -0.3 is 15.2 Å². The Bertz CT molecular complexity index is 548. The van der Waals surface area contributed by atoms with Crippen LogP contribution in [0.15, 0.2) is 24.3 Å². The molecule has 0 saturated heterocycles. The quantitative estimate of drug-likeness (QED) is 0.810. The predicted molar refractivity (Wildman–Crippen MR) is 84.6 cm³/mol. The lowest BCUT2D eigenvalue weighted by Gasteiger charge is -2.30. The Balaban J connectivity index is 1.63. The van der Waals surface area contributed by atoms with Gasteiger partial charge in [-0.2, -0.15) is 0 Å². The number of amides is 1. The molecule has 0 unspecified atom stereocenters. The van der Waals surface area contributed by atoms with Gasteiger partial charge in [-0.3, -0.25) is 4.79 Å². The fourth-order valence-electron chi connectivity index (χ4n) is 3.60. The van der Waals surface area contributed by atoms with Gasteiger partial charge in [-0.25, -0.2) is 4.39 Å². The molecule has 2 saturated carbocycles. The van der Waals surface area contributed by atoms with Crippen molar-refractivity contribution in [3.8, 4) is 0 Å².